The Labute approximate surface area is 121 Å². The van der Waals surface area contributed by atoms with E-state index in [4.69, 9.17) is 0 Å². The fraction of sp³-hybridized carbons (Fsp3) is 0.143. The Morgan fingerprint density at radius 3 is 2.24 bits per heavy atom. The minimum absolute atomic E-state index is 0.127. The van der Waals surface area contributed by atoms with Crippen LogP contribution in [0.4, 0.5) is 20.2 Å². The molecule has 2 aromatic rings. The average molecular weight is 312 g/mol. The third kappa shape index (κ3) is 4.71. The van der Waals surface area contributed by atoms with Gasteiger partial charge in [0.25, 0.3) is 0 Å². The summed E-state index contributed by atoms with van der Waals surface area (Å²) in [5.74, 6) is -0.986. The zero-order chi connectivity index (χ0) is 15.5. The van der Waals surface area contributed by atoms with E-state index >= 15 is 0 Å². The van der Waals surface area contributed by atoms with Gasteiger partial charge in [-0.05, 0) is 42.5 Å². The second-order valence-electron chi connectivity index (χ2n) is 4.54. The average Bonchev–Trinajstić information content (AvgIpc) is 2.40. The maximum absolute atomic E-state index is 13.4. The van der Waals surface area contributed by atoms with E-state index in [9.17, 15) is 17.2 Å². The van der Waals surface area contributed by atoms with Crippen molar-refractivity contribution in [3.05, 3.63) is 59.7 Å². The molecule has 0 aliphatic heterocycles. The first-order chi connectivity index (χ1) is 9.83. The monoisotopic (exact) mass is 312 g/mol. The maximum Gasteiger partial charge on any atom is 0.229 e. The van der Waals surface area contributed by atoms with Gasteiger partial charge in [0.05, 0.1) is 6.26 Å². The molecular weight excluding hydrogens is 298 g/mol. The molecule has 0 heterocycles. The molecule has 7 heteroatoms. The first-order valence-electron chi connectivity index (χ1n) is 6.09. The fourth-order valence-corrected chi connectivity index (χ4v) is 2.31. The molecule has 2 aromatic carbocycles. The van der Waals surface area contributed by atoms with Crippen LogP contribution in [0.1, 0.15) is 5.56 Å². The minimum Gasteiger partial charge on any atom is -0.381 e. The van der Waals surface area contributed by atoms with Crippen LogP contribution >= 0.6 is 0 Å². The molecule has 0 fully saturated rings. The number of anilines is 2. The lowest BCUT2D eigenvalue weighted by Gasteiger charge is -2.09. The van der Waals surface area contributed by atoms with Gasteiger partial charge in [-0.1, -0.05) is 0 Å². The van der Waals surface area contributed by atoms with Crippen LogP contribution in [0.25, 0.3) is 0 Å². The van der Waals surface area contributed by atoms with Gasteiger partial charge in [-0.2, -0.15) is 0 Å². The van der Waals surface area contributed by atoms with Crippen molar-refractivity contribution in [2.24, 2.45) is 0 Å². The van der Waals surface area contributed by atoms with Crippen LogP contribution in [0.15, 0.2) is 42.5 Å². The van der Waals surface area contributed by atoms with Gasteiger partial charge < -0.3 is 5.32 Å². The molecule has 21 heavy (non-hydrogen) atoms. The van der Waals surface area contributed by atoms with Crippen molar-refractivity contribution in [2.45, 2.75) is 6.54 Å². The molecule has 2 N–H and O–H groups in total. The Hall–Kier alpha value is -2.15. The van der Waals surface area contributed by atoms with Crippen molar-refractivity contribution >= 4 is 21.4 Å². The van der Waals surface area contributed by atoms with E-state index in [0.717, 1.165) is 24.5 Å². The molecule has 0 saturated carbocycles. The summed E-state index contributed by atoms with van der Waals surface area (Å²) in [7, 11) is -3.32. The van der Waals surface area contributed by atoms with E-state index in [2.05, 4.69) is 10.0 Å². The van der Waals surface area contributed by atoms with E-state index in [1.807, 2.05) is 0 Å². The molecule has 4 nitrogen and oxygen atoms in total. The van der Waals surface area contributed by atoms with Crippen LogP contribution in [0.3, 0.4) is 0 Å². The van der Waals surface area contributed by atoms with E-state index in [-0.39, 0.29) is 12.1 Å². The number of sulfonamides is 1. The molecule has 0 radical (unpaired) electrons. The zero-order valence-electron chi connectivity index (χ0n) is 11.2. The summed E-state index contributed by atoms with van der Waals surface area (Å²) < 4.78 is 50.9. The second kappa shape index (κ2) is 6.09. The maximum atomic E-state index is 13.4. The molecule has 0 unspecified atom stereocenters. The Bertz CT molecular complexity index is 731. The molecular formula is C14H14F2N2O2S. The van der Waals surface area contributed by atoms with E-state index < -0.39 is 21.7 Å². The summed E-state index contributed by atoms with van der Waals surface area (Å²) in [6.45, 7) is 0.127. The predicted molar refractivity (Wildman–Crippen MR) is 78.6 cm³/mol. The first kappa shape index (κ1) is 15.2. The number of halogens is 2. The molecule has 0 bridgehead atoms. The van der Waals surface area contributed by atoms with Crippen LogP contribution in [0.2, 0.25) is 0 Å². The molecule has 0 aromatic heterocycles. The highest BCUT2D eigenvalue weighted by Gasteiger charge is 2.04. The van der Waals surface area contributed by atoms with Crippen LogP contribution in [0, 0.1) is 11.6 Å². The van der Waals surface area contributed by atoms with Gasteiger partial charge in [0.1, 0.15) is 11.6 Å². The normalized spacial score (nSPS) is 11.2. The third-order valence-electron chi connectivity index (χ3n) is 2.68. The number of hydrogen-bond acceptors (Lipinski definition) is 3. The molecule has 0 aliphatic carbocycles. The van der Waals surface area contributed by atoms with Gasteiger partial charge in [0.15, 0.2) is 0 Å². The highest BCUT2D eigenvalue weighted by atomic mass is 32.2. The number of rotatable bonds is 5. The van der Waals surface area contributed by atoms with Crippen molar-refractivity contribution in [1.82, 2.24) is 0 Å². The molecule has 112 valence electrons. The predicted octanol–water partition coefficient (Wildman–Crippen LogP) is 2.95. The first-order valence-corrected chi connectivity index (χ1v) is 7.98. The lowest BCUT2D eigenvalue weighted by atomic mass is 10.2. The fourth-order valence-electron chi connectivity index (χ4n) is 1.75. The molecule has 0 atom stereocenters. The van der Waals surface area contributed by atoms with Crippen molar-refractivity contribution in [3.63, 3.8) is 0 Å². The van der Waals surface area contributed by atoms with Gasteiger partial charge in [0.2, 0.25) is 10.0 Å². The Balaban J connectivity index is 2.02. The van der Waals surface area contributed by atoms with Gasteiger partial charge >= 0.3 is 0 Å². The smallest absolute Gasteiger partial charge is 0.229 e. The van der Waals surface area contributed by atoms with Gasteiger partial charge in [0, 0.05) is 23.5 Å². The minimum atomic E-state index is -3.32. The van der Waals surface area contributed by atoms with Crippen LogP contribution in [-0.2, 0) is 16.6 Å². The van der Waals surface area contributed by atoms with Crippen LogP contribution < -0.4 is 10.0 Å². The topological polar surface area (TPSA) is 58.2 Å². The summed E-state index contributed by atoms with van der Waals surface area (Å²) >= 11 is 0. The highest BCUT2D eigenvalue weighted by Crippen LogP contribution is 2.16. The van der Waals surface area contributed by atoms with Crippen molar-refractivity contribution in [1.29, 1.82) is 0 Å². The molecule has 0 spiro atoms. The molecule has 0 saturated heterocycles. The molecule has 0 aliphatic rings. The number of benzene rings is 2. The second-order valence-corrected chi connectivity index (χ2v) is 6.29. The Morgan fingerprint density at radius 2 is 1.62 bits per heavy atom. The summed E-state index contributed by atoms with van der Waals surface area (Å²) in [4.78, 5) is 0. The zero-order valence-corrected chi connectivity index (χ0v) is 12.0. The lowest BCUT2D eigenvalue weighted by molar-refractivity contribution is 0.587. The summed E-state index contributed by atoms with van der Waals surface area (Å²) in [6.07, 6.45) is 1.06. The number of nitrogens with one attached hydrogen (secondary N) is 2. The SMILES string of the molecule is CS(=O)(=O)Nc1ccc(NCc2cc(F)ccc2F)cc1. The van der Waals surface area contributed by atoms with Crippen LogP contribution in [0.5, 0.6) is 0 Å². The highest BCUT2D eigenvalue weighted by molar-refractivity contribution is 7.92. The van der Waals surface area contributed by atoms with Gasteiger partial charge in [-0.3, -0.25) is 4.72 Å². The standard InChI is InChI=1S/C14H14F2N2O2S/c1-21(19,20)18-13-5-3-12(4-6-13)17-9-10-8-11(15)2-7-14(10)16/h2-8,17-18H,9H2,1H3. The third-order valence-corrected chi connectivity index (χ3v) is 3.29. The largest absolute Gasteiger partial charge is 0.381 e. The van der Waals surface area contributed by atoms with Crippen molar-refractivity contribution in [2.75, 3.05) is 16.3 Å². The summed E-state index contributed by atoms with van der Waals surface area (Å²) in [5.41, 5.74) is 1.31. The Morgan fingerprint density at radius 1 is 1.00 bits per heavy atom. The van der Waals surface area contributed by atoms with Gasteiger partial charge in [-0.25, -0.2) is 17.2 Å². The van der Waals surface area contributed by atoms with E-state index in [0.29, 0.717) is 11.4 Å². The summed E-state index contributed by atoms with van der Waals surface area (Å²) in [6, 6.07) is 9.70. The molecule has 0 amide bonds. The van der Waals surface area contributed by atoms with Crippen molar-refractivity contribution < 1.29 is 17.2 Å². The summed E-state index contributed by atoms with van der Waals surface area (Å²) in [5, 5.41) is 2.94. The quantitative estimate of drug-likeness (QED) is 0.892. The molecule has 2 rings (SSSR count). The lowest BCUT2D eigenvalue weighted by Crippen LogP contribution is -2.09. The number of hydrogen-bond donors (Lipinski definition) is 2. The van der Waals surface area contributed by atoms with E-state index in [1.165, 1.54) is 0 Å². The van der Waals surface area contributed by atoms with Gasteiger partial charge in [-0.15, -0.1) is 0 Å². The van der Waals surface area contributed by atoms with E-state index in [1.54, 1.807) is 24.3 Å². The van der Waals surface area contributed by atoms with Crippen LogP contribution in [-0.4, -0.2) is 14.7 Å². The Kier molecular flexibility index (Phi) is 4.42. The van der Waals surface area contributed by atoms with Crippen molar-refractivity contribution in [3.8, 4) is 0 Å².